The minimum atomic E-state index is -0.708. The Morgan fingerprint density at radius 3 is 2.72 bits per heavy atom. The molecule has 0 aliphatic carbocycles. The Balaban J connectivity index is 1.79. The largest absolute Gasteiger partial charge is 0.505 e. The van der Waals surface area contributed by atoms with E-state index in [1.165, 1.54) is 18.0 Å². The van der Waals surface area contributed by atoms with Gasteiger partial charge in [0, 0.05) is 16.3 Å². The molecule has 3 heterocycles. The number of benzene rings is 2. The van der Waals surface area contributed by atoms with Crippen molar-refractivity contribution in [1.29, 1.82) is 0 Å². The lowest BCUT2D eigenvalue weighted by Crippen LogP contribution is -2.10. The second-order valence-electron chi connectivity index (χ2n) is 6.30. The van der Waals surface area contributed by atoms with E-state index in [1.807, 2.05) is 36.4 Å². The average Bonchev–Trinajstić information content (AvgIpc) is 3.44. The van der Waals surface area contributed by atoms with E-state index >= 15 is 0 Å². The molecule has 0 spiro atoms. The lowest BCUT2D eigenvalue weighted by atomic mass is 10.0. The van der Waals surface area contributed by atoms with E-state index in [2.05, 4.69) is 20.4 Å². The number of nitrogens with zero attached hydrogens (tertiary/aromatic N) is 6. The van der Waals surface area contributed by atoms with Crippen LogP contribution in [0.25, 0.3) is 33.4 Å². The average molecular weight is 386 g/mol. The molecule has 0 unspecified atom stereocenters. The fourth-order valence-electron chi connectivity index (χ4n) is 3.38. The molecule has 0 aliphatic heterocycles. The zero-order valence-corrected chi connectivity index (χ0v) is 15.2. The zero-order chi connectivity index (χ0) is 20.0. The number of methoxy groups -OCH3 is 1. The highest BCUT2D eigenvalue weighted by Gasteiger charge is 2.24. The first kappa shape index (κ1) is 16.9. The van der Waals surface area contributed by atoms with Crippen molar-refractivity contribution in [3.05, 3.63) is 66.7 Å². The number of hydrogen-bond acceptors (Lipinski definition) is 7. The quantitative estimate of drug-likeness (QED) is 0.475. The highest BCUT2D eigenvalue weighted by molar-refractivity contribution is 6.10. The van der Waals surface area contributed by atoms with Crippen LogP contribution in [-0.4, -0.2) is 47.8 Å². The van der Waals surface area contributed by atoms with E-state index in [-0.39, 0.29) is 11.4 Å². The second-order valence-corrected chi connectivity index (χ2v) is 6.30. The van der Waals surface area contributed by atoms with E-state index in [9.17, 15) is 9.90 Å². The minimum absolute atomic E-state index is 0.0856. The molecule has 5 rings (SSSR count). The summed E-state index contributed by atoms with van der Waals surface area (Å²) in [6, 6.07) is 14.9. The molecule has 0 fully saturated rings. The molecule has 0 saturated heterocycles. The van der Waals surface area contributed by atoms with Gasteiger partial charge < -0.3 is 9.84 Å². The van der Waals surface area contributed by atoms with Crippen LogP contribution in [0.4, 0.5) is 0 Å². The second kappa shape index (κ2) is 6.41. The van der Waals surface area contributed by atoms with Gasteiger partial charge in [-0.3, -0.25) is 0 Å². The Kier molecular flexibility index (Phi) is 3.73. The maximum absolute atomic E-state index is 12.2. The SMILES string of the molecule is COC(=O)c1c(O)c2cccc(-c3cn(-c4ccccc4)nn3)c2c2ncnn12. The van der Waals surface area contributed by atoms with Crippen molar-refractivity contribution in [3.63, 3.8) is 0 Å². The summed E-state index contributed by atoms with van der Waals surface area (Å²) in [6.45, 7) is 0. The number of carbonyl (C=O) groups excluding carboxylic acids is 1. The molecule has 29 heavy (non-hydrogen) atoms. The van der Waals surface area contributed by atoms with E-state index in [1.54, 1.807) is 23.0 Å². The number of ether oxygens (including phenoxy) is 1. The topological polar surface area (TPSA) is 107 Å². The standard InChI is InChI=1S/C20H14N6O3/c1-29-20(28)17-18(27)14-9-5-8-13(16(14)19-21-11-22-26(17)19)15-10-25(24-23-15)12-6-3-2-4-7-12/h2-11,27H,1H3. The number of esters is 1. The van der Waals surface area contributed by atoms with Crippen LogP contribution in [0.2, 0.25) is 0 Å². The van der Waals surface area contributed by atoms with Crippen LogP contribution < -0.4 is 0 Å². The van der Waals surface area contributed by atoms with Crippen LogP contribution in [0, 0.1) is 0 Å². The third kappa shape index (κ3) is 2.52. The molecule has 2 aromatic carbocycles. The lowest BCUT2D eigenvalue weighted by molar-refractivity contribution is 0.0587. The van der Waals surface area contributed by atoms with Crippen LogP contribution in [0.1, 0.15) is 10.5 Å². The summed E-state index contributed by atoms with van der Waals surface area (Å²) >= 11 is 0. The van der Waals surface area contributed by atoms with Crippen molar-refractivity contribution >= 4 is 22.4 Å². The fraction of sp³-hybridized carbons (Fsp3) is 0.0500. The summed E-state index contributed by atoms with van der Waals surface area (Å²) in [6.07, 6.45) is 3.11. The maximum Gasteiger partial charge on any atom is 0.360 e. The molecular weight excluding hydrogens is 372 g/mol. The summed E-state index contributed by atoms with van der Waals surface area (Å²) in [5.41, 5.74) is 2.49. The van der Waals surface area contributed by atoms with Crippen LogP contribution in [-0.2, 0) is 4.74 Å². The van der Waals surface area contributed by atoms with Gasteiger partial charge in [-0.2, -0.15) is 5.10 Å². The van der Waals surface area contributed by atoms with Crippen molar-refractivity contribution in [3.8, 4) is 22.7 Å². The summed E-state index contributed by atoms with van der Waals surface area (Å²) < 4.78 is 7.73. The first-order chi connectivity index (χ1) is 14.2. The number of aromatic nitrogens is 6. The molecule has 0 bridgehead atoms. The van der Waals surface area contributed by atoms with Gasteiger partial charge in [0.15, 0.2) is 17.1 Å². The Bertz CT molecular complexity index is 1370. The van der Waals surface area contributed by atoms with Crippen LogP contribution >= 0.6 is 0 Å². The predicted molar refractivity (Wildman–Crippen MR) is 104 cm³/mol. The zero-order valence-electron chi connectivity index (χ0n) is 15.2. The molecule has 9 nitrogen and oxygen atoms in total. The van der Waals surface area contributed by atoms with E-state index in [4.69, 9.17) is 4.74 Å². The fourth-order valence-corrected chi connectivity index (χ4v) is 3.38. The van der Waals surface area contributed by atoms with Gasteiger partial charge in [-0.15, -0.1) is 5.10 Å². The van der Waals surface area contributed by atoms with Crippen molar-refractivity contribution in [1.82, 2.24) is 29.6 Å². The van der Waals surface area contributed by atoms with Gasteiger partial charge in [0.25, 0.3) is 0 Å². The molecule has 0 radical (unpaired) electrons. The smallest absolute Gasteiger partial charge is 0.360 e. The van der Waals surface area contributed by atoms with Gasteiger partial charge in [0.1, 0.15) is 12.0 Å². The van der Waals surface area contributed by atoms with Gasteiger partial charge in [-0.25, -0.2) is 19.0 Å². The van der Waals surface area contributed by atoms with Gasteiger partial charge in [-0.1, -0.05) is 41.6 Å². The van der Waals surface area contributed by atoms with Crippen molar-refractivity contribution in [2.45, 2.75) is 0 Å². The Hall–Kier alpha value is -4.27. The number of pyridine rings is 1. The molecule has 142 valence electrons. The molecule has 5 aromatic rings. The molecule has 3 aromatic heterocycles. The van der Waals surface area contributed by atoms with E-state index in [0.717, 1.165) is 5.69 Å². The number of para-hydroxylation sites is 1. The molecule has 1 N–H and O–H groups in total. The Morgan fingerprint density at radius 1 is 1.10 bits per heavy atom. The normalized spacial score (nSPS) is 11.2. The van der Waals surface area contributed by atoms with E-state index in [0.29, 0.717) is 27.7 Å². The molecule has 9 heteroatoms. The molecule has 0 atom stereocenters. The first-order valence-corrected chi connectivity index (χ1v) is 8.73. The number of rotatable bonds is 3. The maximum atomic E-state index is 12.2. The van der Waals surface area contributed by atoms with Crippen LogP contribution in [0.3, 0.4) is 0 Å². The van der Waals surface area contributed by atoms with Crippen molar-refractivity contribution < 1.29 is 14.6 Å². The van der Waals surface area contributed by atoms with Crippen LogP contribution in [0.15, 0.2) is 61.1 Å². The van der Waals surface area contributed by atoms with Gasteiger partial charge in [0.05, 0.1) is 19.0 Å². The first-order valence-electron chi connectivity index (χ1n) is 8.73. The lowest BCUT2D eigenvalue weighted by Gasteiger charge is -2.11. The third-order valence-corrected chi connectivity index (χ3v) is 4.70. The molecule has 0 aliphatic rings. The summed E-state index contributed by atoms with van der Waals surface area (Å²) in [4.78, 5) is 16.5. The molecular formula is C20H14N6O3. The van der Waals surface area contributed by atoms with Crippen molar-refractivity contribution in [2.75, 3.05) is 7.11 Å². The van der Waals surface area contributed by atoms with Gasteiger partial charge >= 0.3 is 5.97 Å². The van der Waals surface area contributed by atoms with E-state index < -0.39 is 5.97 Å². The Labute approximate surface area is 163 Å². The van der Waals surface area contributed by atoms with Gasteiger partial charge in [0.2, 0.25) is 0 Å². The summed E-state index contributed by atoms with van der Waals surface area (Å²) in [7, 11) is 1.24. The highest BCUT2D eigenvalue weighted by atomic mass is 16.5. The number of carbonyl (C=O) groups is 1. The Morgan fingerprint density at radius 2 is 1.93 bits per heavy atom. The number of aromatic hydroxyl groups is 1. The monoisotopic (exact) mass is 386 g/mol. The minimum Gasteiger partial charge on any atom is -0.505 e. The van der Waals surface area contributed by atoms with Gasteiger partial charge in [-0.05, 0) is 12.1 Å². The molecule has 0 amide bonds. The number of fused-ring (bicyclic) bond motifs is 3. The summed E-state index contributed by atoms with van der Waals surface area (Å²) in [5, 5.41) is 24.4. The highest BCUT2D eigenvalue weighted by Crippen LogP contribution is 2.37. The van der Waals surface area contributed by atoms with Crippen molar-refractivity contribution in [2.24, 2.45) is 0 Å². The predicted octanol–water partition coefficient (Wildman–Crippen LogP) is 2.62. The van der Waals surface area contributed by atoms with Crippen LogP contribution in [0.5, 0.6) is 5.75 Å². The number of hydrogen-bond donors (Lipinski definition) is 1. The third-order valence-electron chi connectivity index (χ3n) is 4.70. The summed E-state index contributed by atoms with van der Waals surface area (Å²) in [5.74, 6) is -0.942. The molecule has 0 saturated carbocycles.